The van der Waals surface area contributed by atoms with Crippen LogP contribution in [0.15, 0.2) is 36.4 Å². The van der Waals surface area contributed by atoms with E-state index in [1.807, 2.05) is 54.8 Å². The van der Waals surface area contributed by atoms with Gasteiger partial charge in [0.05, 0.1) is 18.4 Å². The van der Waals surface area contributed by atoms with Crippen molar-refractivity contribution in [2.75, 3.05) is 19.8 Å². The number of allylic oxidation sites excluding steroid dienone is 2. The zero-order valence-electron chi connectivity index (χ0n) is 17.6. The van der Waals surface area contributed by atoms with Crippen molar-refractivity contribution in [1.29, 1.82) is 0 Å². The van der Waals surface area contributed by atoms with Crippen LogP contribution in [0.5, 0.6) is 11.5 Å². The summed E-state index contributed by atoms with van der Waals surface area (Å²) < 4.78 is 13.3. The number of Topliss-reactive ketones (excluding diaryl/α,β-unsaturated/α-hetero) is 1. The Morgan fingerprint density at radius 3 is 2.29 bits per heavy atom. The molecule has 160 valence electrons. The van der Waals surface area contributed by atoms with E-state index in [0.717, 1.165) is 22.0 Å². The van der Waals surface area contributed by atoms with Crippen LogP contribution in [0, 0.1) is 25.7 Å². The predicted molar refractivity (Wildman–Crippen MR) is 113 cm³/mol. The van der Waals surface area contributed by atoms with E-state index in [4.69, 9.17) is 9.47 Å². The van der Waals surface area contributed by atoms with Gasteiger partial charge in [-0.15, -0.1) is 0 Å². The summed E-state index contributed by atoms with van der Waals surface area (Å²) in [5, 5.41) is 0. The third-order valence-electron chi connectivity index (χ3n) is 6.42. The quantitative estimate of drug-likeness (QED) is 0.432. The van der Waals surface area contributed by atoms with Gasteiger partial charge in [-0.05, 0) is 44.9 Å². The number of aromatic nitrogens is 1. The number of carbonyl (C=O) groups is 3. The molecule has 1 aliphatic carbocycles. The third kappa shape index (κ3) is 3.15. The molecule has 2 amide bonds. The fraction of sp³-hybridized carbons (Fsp3) is 0.375. The van der Waals surface area contributed by atoms with Crippen LogP contribution in [0.1, 0.15) is 34.6 Å². The highest BCUT2D eigenvalue weighted by Crippen LogP contribution is 2.36. The number of imide groups is 1. The first kappa shape index (κ1) is 19.6. The molecule has 7 heteroatoms. The van der Waals surface area contributed by atoms with Gasteiger partial charge < -0.3 is 14.0 Å². The molecule has 1 aromatic carbocycles. The van der Waals surface area contributed by atoms with Crippen molar-refractivity contribution < 1.29 is 23.9 Å². The van der Waals surface area contributed by atoms with E-state index >= 15 is 0 Å². The Hall–Kier alpha value is -3.35. The monoisotopic (exact) mass is 420 g/mol. The Morgan fingerprint density at radius 2 is 1.61 bits per heavy atom. The van der Waals surface area contributed by atoms with Gasteiger partial charge in [0.15, 0.2) is 17.3 Å². The zero-order chi connectivity index (χ0) is 21.7. The number of ketones is 1. The van der Waals surface area contributed by atoms with Crippen LogP contribution in [0.4, 0.5) is 0 Å². The number of amides is 2. The van der Waals surface area contributed by atoms with Gasteiger partial charge in [0.2, 0.25) is 11.8 Å². The lowest BCUT2D eigenvalue weighted by molar-refractivity contribution is -0.139. The summed E-state index contributed by atoms with van der Waals surface area (Å²) in [6.45, 7) is 4.61. The van der Waals surface area contributed by atoms with Gasteiger partial charge in [-0.1, -0.05) is 12.2 Å². The van der Waals surface area contributed by atoms with Crippen molar-refractivity contribution in [2.45, 2.75) is 26.7 Å². The molecule has 0 saturated carbocycles. The molecule has 2 aromatic rings. The number of aryl methyl sites for hydroxylation is 1. The number of nitrogens with zero attached hydrogens (tertiary/aromatic N) is 2. The number of ether oxygens (including phenoxy) is 2. The average molecular weight is 420 g/mol. The van der Waals surface area contributed by atoms with E-state index in [2.05, 4.69) is 0 Å². The number of rotatable bonds is 4. The Bertz CT molecular complexity index is 1100. The number of benzene rings is 1. The van der Waals surface area contributed by atoms with Gasteiger partial charge >= 0.3 is 0 Å². The molecule has 0 N–H and O–H groups in total. The molecule has 3 aliphatic rings. The molecule has 7 nitrogen and oxygen atoms in total. The first-order chi connectivity index (χ1) is 15.0. The van der Waals surface area contributed by atoms with Crippen molar-refractivity contribution in [3.8, 4) is 17.2 Å². The van der Waals surface area contributed by atoms with Crippen molar-refractivity contribution in [2.24, 2.45) is 11.8 Å². The van der Waals surface area contributed by atoms with Crippen molar-refractivity contribution in [3.05, 3.63) is 53.4 Å². The molecule has 3 heterocycles. The van der Waals surface area contributed by atoms with Crippen LogP contribution in [-0.4, -0.2) is 46.8 Å². The summed E-state index contributed by atoms with van der Waals surface area (Å²) in [6, 6.07) is 7.50. The molecule has 0 radical (unpaired) electrons. The Labute approximate surface area is 180 Å². The maximum absolute atomic E-state index is 13.1. The molecule has 1 aromatic heterocycles. The number of hydrogen-bond acceptors (Lipinski definition) is 5. The molecular formula is C24H24N2O5. The molecule has 2 aliphatic heterocycles. The van der Waals surface area contributed by atoms with E-state index in [1.165, 1.54) is 0 Å². The predicted octanol–water partition coefficient (Wildman–Crippen LogP) is 3.00. The fourth-order valence-corrected chi connectivity index (χ4v) is 4.87. The maximum atomic E-state index is 13.1. The van der Waals surface area contributed by atoms with E-state index < -0.39 is 0 Å². The number of fused-ring (bicyclic) bond motifs is 2. The lowest BCUT2D eigenvalue weighted by atomic mass is 9.85. The van der Waals surface area contributed by atoms with Crippen LogP contribution in [0.25, 0.3) is 5.69 Å². The summed E-state index contributed by atoms with van der Waals surface area (Å²) in [5.74, 6) is 0.0437. The van der Waals surface area contributed by atoms with Crippen LogP contribution < -0.4 is 9.47 Å². The van der Waals surface area contributed by atoms with Crippen molar-refractivity contribution >= 4 is 17.6 Å². The van der Waals surface area contributed by atoms with Crippen molar-refractivity contribution in [3.63, 3.8) is 0 Å². The highest BCUT2D eigenvalue weighted by atomic mass is 16.6. The molecule has 0 bridgehead atoms. The maximum Gasteiger partial charge on any atom is 0.233 e. The van der Waals surface area contributed by atoms with Crippen LogP contribution >= 0.6 is 0 Å². The van der Waals surface area contributed by atoms with Crippen LogP contribution in [-0.2, 0) is 9.59 Å². The van der Waals surface area contributed by atoms with E-state index in [-0.39, 0.29) is 36.0 Å². The van der Waals surface area contributed by atoms with Crippen LogP contribution in [0.2, 0.25) is 0 Å². The minimum absolute atomic E-state index is 0.212. The fourth-order valence-electron chi connectivity index (χ4n) is 4.87. The van der Waals surface area contributed by atoms with Gasteiger partial charge in [0.1, 0.15) is 13.2 Å². The second-order valence-electron chi connectivity index (χ2n) is 8.29. The number of hydrogen-bond donors (Lipinski definition) is 0. The Balaban J connectivity index is 1.41. The van der Waals surface area contributed by atoms with E-state index in [0.29, 0.717) is 43.1 Å². The van der Waals surface area contributed by atoms with Gasteiger partial charge in [-0.2, -0.15) is 0 Å². The third-order valence-corrected chi connectivity index (χ3v) is 6.42. The molecule has 31 heavy (non-hydrogen) atoms. The van der Waals surface area contributed by atoms with Gasteiger partial charge in [0, 0.05) is 28.7 Å². The molecule has 0 spiro atoms. The first-order valence-corrected chi connectivity index (χ1v) is 10.6. The number of carbonyl (C=O) groups excluding carboxylic acids is 3. The lowest BCUT2D eigenvalue weighted by Gasteiger charge is -2.20. The summed E-state index contributed by atoms with van der Waals surface area (Å²) in [6.07, 6.45) is 5.02. The largest absolute Gasteiger partial charge is 0.486 e. The standard InChI is InChI=1S/C24H24N2O5/c1-14-11-19(15(2)26(14)16-7-8-21-22(12-16)31-10-9-30-21)20(27)13-25-23(28)17-5-3-4-6-18(17)24(25)29/h3-4,7-8,11-12,17-18H,5-6,9-10,13H2,1-2H3. The molecular weight excluding hydrogens is 396 g/mol. The summed E-state index contributed by atoms with van der Waals surface area (Å²) in [7, 11) is 0. The minimum atomic E-state index is -0.324. The second kappa shape index (κ2) is 7.41. The highest BCUT2D eigenvalue weighted by Gasteiger charge is 2.47. The Kier molecular flexibility index (Phi) is 4.68. The topological polar surface area (TPSA) is 77.8 Å². The lowest BCUT2D eigenvalue weighted by Crippen LogP contribution is -2.36. The summed E-state index contributed by atoms with van der Waals surface area (Å²) in [4.78, 5) is 39.7. The normalized spacial score (nSPS) is 22.1. The molecule has 2 unspecified atom stereocenters. The molecule has 5 rings (SSSR count). The van der Waals surface area contributed by atoms with E-state index in [9.17, 15) is 14.4 Å². The van der Waals surface area contributed by atoms with Gasteiger partial charge in [-0.3, -0.25) is 19.3 Å². The van der Waals surface area contributed by atoms with Gasteiger partial charge in [-0.25, -0.2) is 0 Å². The van der Waals surface area contributed by atoms with Gasteiger partial charge in [0.25, 0.3) is 0 Å². The summed E-state index contributed by atoms with van der Waals surface area (Å²) >= 11 is 0. The van der Waals surface area contributed by atoms with Crippen LogP contribution in [0.3, 0.4) is 0 Å². The van der Waals surface area contributed by atoms with Crippen molar-refractivity contribution in [1.82, 2.24) is 9.47 Å². The highest BCUT2D eigenvalue weighted by molar-refractivity contribution is 6.10. The number of likely N-dealkylation sites (tertiary alicyclic amines) is 1. The summed E-state index contributed by atoms with van der Waals surface area (Å²) in [5.41, 5.74) is 3.02. The SMILES string of the molecule is Cc1cc(C(=O)CN2C(=O)C3CC=CCC3C2=O)c(C)n1-c1ccc2c(c1)OCCO2. The van der Waals surface area contributed by atoms with E-state index in [1.54, 1.807) is 0 Å². The first-order valence-electron chi connectivity index (χ1n) is 10.6. The molecule has 1 saturated heterocycles. The zero-order valence-corrected chi connectivity index (χ0v) is 17.6. The Morgan fingerprint density at radius 1 is 0.968 bits per heavy atom. The second-order valence-corrected chi connectivity index (χ2v) is 8.29. The minimum Gasteiger partial charge on any atom is -0.486 e. The average Bonchev–Trinajstić information content (AvgIpc) is 3.21. The molecule has 1 fully saturated rings. The molecule has 2 atom stereocenters. The smallest absolute Gasteiger partial charge is 0.233 e.